The average molecular weight is 553 g/mol. The van der Waals surface area contributed by atoms with E-state index in [0.29, 0.717) is 6.54 Å². The molecule has 2 N–H and O–H groups in total. The highest BCUT2D eigenvalue weighted by atomic mass is 127. The molecule has 3 rings (SSSR count). The number of guanidine groups is 1. The van der Waals surface area contributed by atoms with Gasteiger partial charge in [-0.15, -0.1) is 24.0 Å². The minimum absolute atomic E-state index is 0. The minimum atomic E-state index is 0. The summed E-state index contributed by atoms with van der Waals surface area (Å²) in [5, 5.41) is 11.4. The van der Waals surface area contributed by atoms with Crippen molar-refractivity contribution < 1.29 is 0 Å². The molecule has 0 aliphatic carbocycles. The fourth-order valence-corrected chi connectivity index (χ4v) is 4.78. The van der Waals surface area contributed by atoms with Crippen molar-refractivity contribution >= 4 is 29.9 Å². The number of piperidine rings is 1. The van der Waals surface area contributed by atoms with Gasteiger partial charge in [0.25, 0.3) is 0 Å². The monoisotopic (exact) mass is 552 g/mol. The Morgan fingerprint density at radius 1 is 1.09 bits per heavy atom. The summed E-state index contributed by atoms with van der Waals surface area (Å²) in [6, 6.07) is 8.75. The Hall–Kier alpha value is -1.61. The number of nitrogens with one attached hydrogen (secondary N) is 2. The lowest BCUT2D eigenvalue weighted by molar-refractivity contribution is 0.134. The molecule has 1 aliphatic rings. The van der Waals surface area contributed by atoms with E-state index in [1.807, 2.05) is 11.7 Å². The van der Waals surface area contributed by atoms with Crippen LogP contribution >= 0.6 is 24.0 Å². The molecule has 2 atom stereocenters. The zero-order chi connectivity index (χ0) is 22.4. The van der Waals surface area contributed by atoms with Crippen molar-refractivity contribution in [1.82, 2.24) is 25.3 Å². The molecule has 1 aromatic heterocycles. The highest BCUT2D eigenvalue weighted by Crippen LogP contribution is 2.23. The van der Waals surface area contributed by atoms with Crippen molar-refractivity contribution in [2.45, 2.75) is 60.7 Å². The number of likely N-dealkylation sites (tertiary alicyclic amines) is 1. The molecule has 1 aliphatic heterocycles. The molecule has 178 valence electrons. The largest absolute Gasteiger partial charge is 0.357 e. The van der Waals surface area contributed by atoms with Gasteiger partial charge in [-0.05, 0) is 50.2 Å². The lowest BCUT2D eigenvalue weighted by atomic mass is 9.91. The second-order valence-electron chi connectivity index (χ2n) is 9.23. The third kappa shape index (κ3) is 7.20. The van der Waals surface area contributed by atoms with Crippen molar-refractivity contribution in [1.29, 1.82) is 0 Å². The van der Waals surface area contributed by atoms with Gasteiger partial charge in [0, 0.05) is 51.0 Å². The van der Waals surface area contributed by atoms with Crippen molar-refractivity contribution in [2.75, 3.05) is 19.6 Å². The first-order valence-corrected chi connectivity index (χ1v) is 11.7. The van der Waals surface area contributed by atoms with E-state index in [2.05, 4.69) is 79.5 Å². The van der Waals surface area contributed by atoms with Crippen LogP contribution in [0.5, 0.6) is 0 Å². The maximum Gasteiger partial charge on any atom is 0.191 e. The van der Waals surface area contributed by atoms with E-state index in [-0.39, 0.29) is 24.0 Å². The summed E-state index contributed by atoms with van der Waals surface area (Å²) in [6.45, 7) is 16.7. The zero-order valence-corrected chi connectivity index (χ0v) is 22.9. The van der Waals surface area contributed by atoms with Crippen LogP contribution in [0, 0.1) is 25.7 Å². The molecule has 1 fully saturated rings. The molecule has 1 saturated heterocycles. The quantitative estimate of drug-likeness (QED) is 0.304. The van der Waals surface area contributed by atoms with Gasteiger partial charge in [-0.25, -0.2) is 4.99 Å². The number of aryl methyl sites for hydroxylation is 2. The van der Waals surface area contributed by atoms with Gasteiger partial charge in [0.2, 0.25) is 0 Å². The van der Waals surface area contributed by atoms with E-state index in [9.17, 15) is 0 Å². The van der Waals surface area contributed by atoms with Gasteiger partial charge < -0.3 is 10.6 Å². The number of halogens is 1. The predicted molar refractivity (Wildman–Crippen MR) is 144 cm³/mol. The predicted octanol–water partition coefficient (Wildman–Crippen LogP) is 4.39. The Balaban J connectivity index is 0.00000363. The van der Waals surface area contributed by atoms with Gasteiger partial charge in [-0.1, -0.05) is 38.1 Å². The summed E-state index contributed by atoms with van der Waals surface area (Å²) in [7, 11) is 1.99. The van der Waals surface area contributed by atoms with Crippen molar-refractivity contribution in [3.63, 3.8) is 0 Å². The fraction of sp³-hybridized carbons (Fsp3) is 0.600. The van der Waals surface area contributed by atoms with Crippen molar-refractivity contribution in [3.05, 3.63) is 52.3 Å². The van der Waals surface area contributed by atoms with Gasteiger partial charge in [-0.3, -0.25) is 9.58 Å². The molecule has 7 heteroatoms. The first-order chi connectivity index (χ1) is 14.9. The molecule has 2 aromatic rings. The first kappa shape index (κ1) is 26.6. The molecule has 6 nitrogen and oxygen atoms in total. The summed E-state index contributed by atoms with van der Waals surface area (Å²) in [6.07, 6.45) is 1.34. The standard InChI is InChI=1S/C25H40N6.HI/c1-7-26-25(28-14-24-20(4)29-30(6)21(24)5)27-13-22-10-8-9-11-23(22)17-31-15-18(2)12-19(3)16-31;/h8-11,18-19H,7,12-17H2,1-6H3,(H2,26,27,28);1H. The number of benzene rings is 1. The molecule has 0 radical (unpaired) electrons. The van der Waals surface area contributed by atoms with Gasteiger partial charge in [0.1, 0.15) is 0 Å². The lowest BCUT2D eigenvalue weighted by Crippen LogP contribution is -2.38. The van der Waals surface area contributed by atoms with Crippen molar-refractivity contribution in [3.8, 4) is 0 Å². The van der Waals surface area contributed by atoms with Crippen LogP contribution in [0.25, 0.3) is 0 Å². The van der Waals surface area contributed by atoms with Crippen LogP contribution in [0.4, 0.5) is 0 Å². The topological polar surface area (TPSA) is 57.5 Å². The molecule has 0 amide bonds. The van der Waals surface area contributed by atoms with Crippen LogP contribution in [0.1, 0.15) is 55.3 Å². The molecular formula is C25H41IN6. The summed E-state index contributed by atoms with van der Waals surface area (Å²) in [5.41, 5.74) is 6.19. The second-order valence-corrected chi connectivity index (χ2v) is 9.23. The highest BCUT2D eigenvalue weighted by Gasteiger charge is 2.22. The molecular weight excluding hydrogens is 511 g/mol. The van der Waals surface area contributed by atoms with E-state index in [1.165, 1.54) is 41.9 Å². The molecule has 0 spiro atoms. The van der Waals surface area contributed by atoms with E-state index in [0.717, 1.165) is 43.1 Å². The van der Waals surface area contributed by atoms with Crippen LogP contribution in [0.15, 0.2) is 29.3 Å². The lowest BCUT2D eigenvalue weighted by Gasteiger charge is -2.35. The summed E-state index contributed by atoms with van der Waals surface area (Å²) in [4.78, 5) is 7.51. The van der Waals surface area contributed by atoms with Crippen LogP contribution in [0.3, 0.4) is 0 Å². The van der Waals surface area contributed by atoms with E-state index < -0.39 is 0 Å². The fourth-order valence-electron chi connectivity index (χ4n) is 4.78. The first-order valence-electron chi connectivity index (χ1n) is 11.7. The van der Waals surface area contributed by atoms with Gasteiger partial charge >= 0.3 is 0 Å². The third-order valence-corrected chi connectivity index (χ3v) is 6.30. The van der Waals surface area contributed by atoms with Crippen LogP contribution < -0.4 is 10.6 Å². The molecule has 1 aromatic carbocycles. The zero-order valence-electron chi connectivity index (χ0n) is 20.6. The Kier molecular flexibility index (Phi) is 10.5. The van der Waals surface area contributed by atoms with Crippen LogP contribution in [0.2, 0.25) is 0 Å². The number of aliphatic imine (C=N–C) groups is 1. The molecule has 0 bridgehead atoms. The van der Waals surface area contributed by atoms with E-state index >= 15 is 0 Å². The Morgan fingerprint density at radius 2 is 1.75 bits per heavy atom. The van der Waals surface area contributed by atoms with Crippen LogP contribution in [-0.2, 0) is 26.7 Å². The maximum absolute atomic E-state index is 4.90. The highest BCUT2D eigenvalue weighted by molar-refractivity contribution is 14.0. The third-order valence-electron chi connectivity index (χ3n) is 6.30. The number of aromatic nitrogens is 2. The Morgan fingerprint density at radius 3 is 2.34 bits per heavy atom. The molecule has 2 heterocycles. The minimum Gasteiger partial charge on any atom is -0.357 e. The second kappa shape index (κ2) is 12.6. The van der Waals surface area contributed by atoms with E-state index in [4.69, 9.17) is 4.99 Å². The summed E-state index contributed by atoms with van der Waals surface area (Å²) in [5.74, 6) is 2.40. The molecule has 32 heavy (non-hydrogen) atoms. The molecule has 2 unspecified atom stereocenters. The maximum atomic E-state index is 4.90. The van der Waals surface area contributed by atoms with Gasteiger partial charge in [-0.2, -0.15) is 5.10 Å². The van der Waals surface area contributed by atoms with Crippen molar-refractivity contribution in [2.24, 2.45) is 23.9 Å². The Labute approximate surface area is 211 Å². The Bertz CT molecular complexity index is 881. The SMILES string of the molecule is CCNC(=NCc1ccccc1CN1CC(C)CC(C)C1)NCc1c(C)nn(C)c1C.I. The number of nitrogens with zero attached hydrogens (tertiary/aromatic N) is 4. The number of hydrogen-bond donors (Lipinski definition) is 2. The average Bonchev–Trinajstić information content (AvgIpc) is 2.95. The summed E-state index contributed by atoms with van der Waals surface area (Å²) < 4.78 is 1.94. The van der Waals surface area contributed by atoms with Gasteiger partial charge in [0.05, 0.1) is 12.2 Å². The van der Waals surface area contributed by atoms with E-state index in [1.54, 1.807) is 0 Å². The number of rotatable bonds is 7. The number of hydrogen-bond acceptors (Lipinski definition) is 3. The van der Waals surface area contributed by atoms with Gasteiger partial charge in [0.15, 0.2) is 5.96 Å². The summed E-state index contributed by atoms with van der Waals surface area (Å²) >= 11 is 0. The normalized spacial score (nSPS) is 19.5. The smallest absolute Gasteiger partial charge is 0.191 e. The molecule has 0 saturated carbocycles. The van der Waals surface area contributed by atoms with Crippen LogP contribution in [-0.4, -0.2) is 40.3 Å².